The molecule has 26 heavy (non-hydrogen) atoms. The maximum atomic E-state index is 12.9. The van der Waals surface area contributed by atoms with Crippen molar-refractivity contribution in [3.63, 3.8) is 0 Å². The van der Waals surface area contributed by atoms with Crippen molar-refractivity contribution < 1.29 is 19.4 Å². The van der Waals surface area contributed by atoms with Gasteiger partial charge in [-0.3, -0.25) is 9.69 Å². The van der Waals surface area contributed by atoms with Crippen LogP contribution in [0.5, 0.6) is 0 Å². The van der Waals surface area contributed by atoms with Gasteiger partial charge in [0.1, 0.15) is 5.54 Å². The first kappa shape index (κ1) is 19.1. The number of amides is 3. The highest BCUT2D eigenvalue weighted by atomic mass is 35.5. The Labute approximate surface area is 158 Å². The van der Waals surface area contributed by atoms with Crippen molar-refractivity contribution in [2.24, 2.45) is 0 Å². The smallest absolute Gasteiger partial charge is 0.327 e. The van der Waals surface area contributed by atoms with E-state index in [-0.39, 0.29) is 31.7 Å². The topological polar surface area (TPSA) is 70.1 Å². The van der Waals surface area contributed by atoms with Crippen LogP contribution in [0.25, 0.3) is 0 Å². The molecule has 0 aromatic heterocycles. The summed E-state index contributed by atoms with van der Waals surface area (Å²) in [7, 11) is 1.69. The molecule has 1 unspecified atom stereocenters. The molecule has 6 nitrogen and oxygen atoms in total. The monoisotopic (exact) mass is 380 g/mol. The number of rotatable bonds is 6. The zero-order chi connectivity index (χ0) is 18.7. The number of hydrogen-bond donors (Lipinski definition) is 1. The molecule has 1 atom stereocenters. The van der Waals surface area contributed by atoms with E-state index in [0.29, 0.717) is 17.9 Å². The molecule has 0 bridgehead atoms. The first-order chi connectivity index (χ1) is 12.5. The minimum absolute atomic E-state index is 0.0268. The molecule has 1 saturated heterocycles. The number of aliphatic hydroxyl groups excluding tert-OH is 1. The molecule has 0 radical (unpaired) electrons. The van der Waals surface area contributed by atoms with Crippen molar-refractivity contribution in [1.82, 2.24) is 9.80 Å². The summed E-state index contributed by atoms with van der Waals surface area (Å²) < 4.78 is 5.51. The van der Waals surface area contributed by atoms with Gasteiger partial charge in [0, 0.05) is 12.1 Å². The third kappa shape index (κ3) is 3.59. The number of urea groups is 1. The Morgan fingerprint density at radius 3 is 2.62 bits per heavy atom. The van der Waals surface area contributed by atoms with Crippen molar-refractivity contribution in [3.8, 4) is 0 Å². The van der Waals surface area contributed by atoms with Gasteiger partial charge in [-0.2, -0.15) is 0 Å². The van der Waals surface area contributed by atoms with Crippen molar-refractivity contribution in [2.45, 2.75) is 50.4 Å². The third-order valence-electron chi connectivity index (χ3n) is 5.40. The van der Waals surface area contributed by atoms with Crippen LogP contribution in [-0.4, -0.2) is 58.7 Å². The number of carbonyl (C=O) groups is 2. The van der Waals surface area contributed by atoms with Gasteiger partial charge in [0.15, 0.2) is 0 Å². The molecule has 3 rings (SSSR count). The number of ether oxygens (including phenoxy) is 1. The van der Waals surface area contributed by atoms with Gasteiger partial charge < -0.3 is 14.7 Å². The molecule has 3 amide bonds. The molecule has 2 aliphatic rings. The Hall–Kier alpha value is -1.63. The van der Waals surface area contributed by atoms with Gasteiger partial charge in [-0.05, 0) is 24.5 Å². The van der Waals surface area contributed by atoms with Crippen LogP contribution in [0.4, 0.5) is 4.79 Å². The Kier molecular flexibility index (Phi) is 5.85. The number of hydrogen-bond acceptors (Lipinski definition) is 4. The van der Waals surface area contributed by atoms with Gasteiger partial charge in [-0.15, -0.1) is 0 Å². The standard InChI is InChI=1S/C19H25ClN2O4/c1-21-18(25)22(17(24)19(21)9-5-2-6-10-19)11-15(23)13-26-12-14-7-3-4-8-16(14)20/h3-4,7-8,15,23H,2,5-6,9-13H2,1H3. The highest BCUT2D eigenvalue weighted by Gasteiger charge is 2.55. The lowest BCUT2D eigenvalue weighted by molar-refractivity contribution is -0.135. The summed E-state index contributed by atoms with van der Waals surface area (Å²) in [5.41, 5.74) is 0.114. The van der Waals surface area contributed by atoms with Gasteiger partial charge in [0.25, 0.3) is 5.91 Å². The maximum Gasteiger partial charge on any atom is 0.327 e. The van der Waals surface area contributed by atoms with Crippen LogP contribution < -0.4 is 0 Å². The van der Waals surface area contributed by atoms with Crippen LogP contribution in [0.3, 0.4) is 0 Å². The molecule has 1 aromatic rings. The lowest BCUT2D eigenvalue weighted by Gasteiger charge is -2.35. The summed E-state index contributed by atoms with van der Waals surface area (Å²) in [4.78, 5) is 28.1. The minimum atomic E-state index is -0.933. The maximum absolute atomic E-state index is 12.9. The van der Waals surface area contributed by atoms with E-state index >= 15 is 0 Å². The Bertz CT molecular complexity index is 675. The van der Waals surface area contributed by atoms with Crippen LogP contribution in [-0.2, 0) is 16.1 Å². The van der Waals surface area contributed by atoms with E-state index in [0.717, 1.165) is 24.8 Å². The van der Waals surface area contributed by atoms with Gasteiger partial charge in [0.05, 0.1) is 25.9 Å². The summed E-state index contributed by atoms with van der Waals surface area (Å²) in [6.07, 6.45) is 3.45. The van der Waals surface area contributed by atoms with Crippen molar-refractivity contribution >= 4 is 23.5 Å². The Balaban J connectivity index is 1.55. The van der Waals surface area contributed by atoms with Crippen molar-refractivity contribution in [3.05, 3.63) is 34.9 Å². The number of carbonyl (C=O) groups excluding carboxylic acids is 2. The van der Waals surface area contributed by atoms with E-state index in [1.807, 2.05) is 18.2 Å². The second-order valence-corrected chi connectivity index (χ2v) is 7.52. The number of likely N-dealkylation sites (N-methyl/N-ethyl adjacent to an activating group) is 1. The van der Waals surface area contributed by atoms with E-state index in [2.05, 4.69) is 0 Å². The summed E-state index contributed by atoms with van der Waals surface area (Å²) in [5, 5.41) is 10.8. The van der Waals surface area contributed by atoms with Crippen LogP contribution in [0.2, 0.25) is 5.02 Å². The number of imide groups is 1. The van der Waals surface area contributed by atoms with E-state index in [1.54, 1.807) is 18.0 Å². The number of benzene rings is 1. The van der Waals surface area contributed by atoms with E-state index in [1.165, 1.54) is 4.90 Å². The predicted molar refractivity (Wildman–Crippen MR) is 97.8 cm³/mol. The average Bonchev–Trinajstić information content (AvgIpc) is 2.80. The van der Waals surface area contributed by atoms with Crippen molar-refractivity contribution in [1.29, 1.82) is 0 Å². The summed E-state index contributed by atoms with van der Waals surface area (Å²) in [6.45, 7) is 0.244. The van der Waals surface area contributed by atoms with Crippen LogP contribution in [0.1, 0.15) is 37.7 Å². The molecule has 1 aliphatic carbocycles. The normalized spacial score (nSPS) is 20.9. The highest BCUT2D eigenvalue weighted by Crippen LogP contribution is 2.39. The lowest BCUT2D eigenvalue weighted by atomic mass is 9.81. The molecule has 1 spiro atoms. The van der Waals surface area contributed by atoms with Gasteiger partial charge in [0.2, 0.25) is 0 Å². The van der Waals surface area contributed by atoms with Crippen LogP contribution in [0, 0.1) is 0 Å². The highest BCUT2D eigenvalue weighted by molar-refractivity contribution is 6.31. The molecule has 7 heteroatoms. The van der Waals surface area contributed by atoms with Gasteiger partial charge in [-0.1, -0.05) is 49.1 Å². The minimum Gasteiger partial charge on any atom is -0.389 e. The number of halogens is 1. The van der Waals surface area contributed by atoms with Crippen molar-refractivity contribution in [2.75, 3.05) is 20.2 Å². The molecule has 1 saturated carbocycles. The van der Waals surface area contributed by atoms with Crippen LogP contribution in [0.15, 0.2) is 24.3 Å². The molecule has 1 aliphatic heterocycles. The quantitative estimate of drug-likeness (QED) is 0.770. The summed E-state index contributed by atoms with van der Waals surface area (Å²) >= 11 is 6.07. The fourth-order valence-corrected chi connectivity index (χ4v) is 4.07. The van der Waals surface area contributed by atoms with E-state index in [4.69, 9.17) is 16.3 Å². The molecule has 142 valence electrons. The fraction of sp³-hybridized carbons (Fsp3) is 0.579. The van der Waals surface area contributed by atoms with Gasteiger partial charge in [-0.25, -0.2) is 4.79 Å². The van der Waals surface area contributed by atoms with E-state index in [9.17, 15) is 14.7 Å². The molecular weight excluding hydrogens is 356 g/mol. The largest absolute Gasteiger partial charge is 0.389 e. The molecule has 1 heterocycles. The molecule has 2 fully saturated rings. The van der Waals surface area contributed by atoms with Gasteiger partial charge >= 0.3 is 6.03 Å². The summed E-state index contributed by atoms with van der Waals surface area (Å²) in [6, 6.07) is 6.99. The zero-order valence-corrected chi connectivity index (χ0v) is 15.7. The number of nitrogens with zero attached hydrogens (tertiary/aromatic N) is 2. The molecule has 1 N–H and O–H groups in total. The Morgan fingerprint density at radius 2 is 1.92 bits per heavy atom. The fourth-order valence-electron chi connectivity index (χ4n) is 3.88. The lowest BCUT2D eigenvalue weighted by Crippen LogP contribution is -2.49. The first-order valence-electron chi connectivity index (χ1n) is 9.05. The SMILES string of the molecule is CN1C(=O)N(CC(O)COCc2ccccc2Cl)C(=O)C12CCCCC2. The summed E-state index contributed by atoms with van der Waals surface area (Å²) in [5.74, 6) is -0.185. The first-order valence-corrected chi connectivity index (χ1v) is 9.42. The molecule has 1 aromatic carbocycles. The third-order valence-corrected chi connectivity index (χ3v) is 5.77. The average molecular weight is 381 g/mol. The van der Waals surface area contributed by atoms with E-state index < -0.39 is 11.6 Å². The Morgan fingerprint density at radius 1 is 1.23 bits per heavy atom. The second-order valence-electron chi connectivity index (χ2n) is 7.11. The molecular formula is C19H25ClN2O4. The van der Waals surface area contributed by atoms with Crippen LogP contribution >= 0.6 is 11.6 Å². The predicted octanol–water partition coefficient (Wildman–Crippen LogP) is 2.81. The zero-order valence-electron chi connectivity index (χ0n) is 15.0. The number of aliphatic hydroxyl groups is 1. The second kappa shape index (κ2) is 7.94. The number of β-amino-alcohol motifs (C(OH)–C–C–N with tert-alkyl or cyclic N) is 1.